The summed E-state index contributed by atoms with van der Waals surface area (Å²) in [6, 6.07) is 2.79. The number of carbonyl (C=O) groups is 1. The molecule has 18 heavy (non-hydrogen) atoms. The van der Waals surface area contributed by atoms with Gasteiger partial charge in [0, 0.05) is 12.1 Å². The Kier molecular flexibility index (Phi) is 5.51. The standard InChI is InChI=1S/C12H16F2N2O2/c1-8(7-17)16-12(18)15-6-5-9-10(13)3-2-4-11(9)14/h2-4,8,17H,5-7H2,1H3,(H2,15,16,18). The summed E-state index contributed by atoms with van der Waals surface area (Å²) in [5.41, 5.74) is -0.0481. The summed E-state index contributed by atoms with van der Waals surface area (Å²) in [5.74, 6) is -1.25. The van der Waals surface area contributed by atoms with Crippen LogP contribution in [0.4, 0.5) is 13.6 Å². The van der Waals surface area contributed by atoms with Gasteiger partial charge in [-0.25, -0.2) is 13.6 Å². The molecule has 0 aromatic heterocycles. The van der Waals surface area contributed by atoms with Crippen molar-refractivity contribution in [2.45, 2.75) is 19.4 Å². The molecular weight excluding hydrogens is 242 g/mol. The number of amides is 2. The summed E-state index contributed by atoms with van der Waals surface area (Å²) in [7, 11) is 0. The third-order valence-electron chi connectivity index (χ3n) is 2.37. The van der Waals surface area contributed by atoms with Crippen molar-refractivity contribution >= 4 is 6.03 Å². The van der Waals surface area contributed by atoms with E-state index in [1.807, 2.05) is 0 Å². The lowest BCUT2D eigenvalue weighted by molar-refractivity contribution is 0.220. The lowest BCUT2D eigenvalue weighted by atomic mass is 10.1. The number of urea groups is 1. The Hall–Kier alpha value is -1.69. The van der Waals surface area contributed by atoms with Crippen LogP contribution in [0.25, 0.3) is 0 Å². The van der Waals surface area contributed by atoms with Gasteiger partial charge >= 0.3 is 6.03 Å². The zero-order valence-electron chi connectivity index (χ0n) is 10.0. The largest absolute Gasteiger partial charge is 0.394 e. The van der Waals surface area contributed by atoms with Crippen LogP contribution in [0.15, 0.2) is 18.2 Å². The van der Waals surface area contributed by atoms with Crippen LogP contribution in [0, 0.1) is 11.6 Å². The van der Waals surface area contributed by atoms with Gasteiger partial charge in [-0.1, -0.05) is 6.07 Å². The minimum absolute atomic E-state index is 0.0481. The predicted molar refractivity (Wildman–Crippen MR) is 63.1 cm³/mol. The Bertz CT molecular complexity index is 393. The van der Waals surface area contributed by atoms with E-state index in [-0.39, 0.29) is 31.2 Å². The molecule has 0 aliphatic carbocycles. The zero-order chi connectivity index (χ0) is 13.5. The Morgan fingerprint density at radius 3 is 2.56 bits per heavy atom. The Labute approximate surface area is 104 Å². The second kappa shape index (κ2) is 6.90. The van der Waals surface area contributed by atoms with Gasteiger partial charge in [0.05, 0.1) is 12.6 Å². The average Bonchev–Trinajstić information content (AvgIpc) is 2.32. The molecule has 0 spiro atoms. The average molecular weight is 258 g/mol. The summed E-state index contributed by atoms with van der Waals surface area (Å²) >= 11 is 0. The highest BCUT2D eigenvalue weighted by atomic mass is 19.1. The second-order valence-corrected chi connectivity index (χ2v) is 3.93. The molecule has 0 heterocycles. The third kappa shape index (κ3) is 4.29. The molecule has 1 aromatic carbocycles. The molecular formula is C12H16F2N2O2. The van der Waals surface area contributed by atoms with E-state index in [0.29, 0.717) is 0 Å². The molecule has 6 heteroatoms. The SMILES string of the molecule is CC(CO)NC(=O)NCCc1c(F)cccc1F. The van der Waals surface area contributed by atoms with Crippen molar-refractivity contribution in [3.8, 4) is 0 Å². The normalized spacial score (nSPS) is 12.0. The molecule has 4 nitrogen and oxygen atoms in total. The molecule has 0 radical (unpaired) electrons. The van der Waals surface area contributed by atoms with Gasteiger partial charge in [0.1, 0.15) is 11.6 Å². The van der Waals surface area contributed by atoms with Crippen LogP contribution in [0.2, 0.25) is 0 Å². The summed E-state index contributed by atoms with van der Waals surface area (Å²) in [4.78, 5) is 11.3. The van der Waals surface area contributed by atoms with E-state index in [4.69, 9.17) is 5.11 Å². The van der Waals surface area contributed by atoms with Gasteiger partial charge in [0.25, 0.3) is 0 Å². The number of nitrogens with one attached hydrogen (secondary N) is 2. The van der Waals surface area contributed by atoms with Gasteiger partial charge in [-0.3, -0.25) is 0 Å². The fourth-order valence-corrected chi connectivity index (χ4v) is 1.39. The molecule has 1 rings (SSSR count). The first kappa shape index (κ1) is 14.4. The minimum Gasteiger partial charge on any atom is -0.394 e. The molecule has 1 aromatic rings. The van der Waals surface area contributed by atoms with Crippen molar-refractivity contribution in [3.63, 3.8) is 0 Å². The van der Waals surface area contributed by atoms with E-state index >= 15 is 0 Å². The lowest BCUT2D eigenvalue weighted by Gasteiger charge is -2.12. The van der Waals surface area contributed by atoms with Gasteiger partial charge in [-0.2, -0.15) is 0 Å². The van der Waals surface area contributed by atoms with Crippen molar-refractivity contribution in [1.82, 2.24) is 10.6 Å². The van der Waals surface area contributed by atoms with E-state index in [2.05, 4.69) is 10.6 Å². The smallest absolute Gasteiger partial charge is 0.315 e. The Morgan fingerprint density at radius 2 is 2.00 bits per heavy atom. The van der Waals surface area contributed by atoms with Crippen LogP contribution in [0.5, 0.6) is 0 Å². The van der Waals surface area contributed by atoms with Crippen molar-refractivity contribution < 1.29 is 18.7 Å². The maximum Gasteiger partial charge on any atom is 0.315 e. The van der Waals surface area contributed by atoms with Crippen LogP contribution in [0.1, 0.15) is 12.5 Å². The molecule has 1 unspecified atom stereocenters. The molecule has 0 bridgehead atoms. The van der Waals surface area contributed by atoms with Crippen molar-refractivity contribution in [2.75, 3.05) is 13.2 Å². The molecule has 1 atom stereocenters. The summed E-state index contributed by atoms with van der Waals surface area (Å²) < 4.78 is 26.5. The molecule has 0 saturated carbocycles. The first-order chi connectivity index (χ1) is 8.54. The molecule has 100 valence electrons. The highest BCUT2D eigenvalue weighted by molar-refractivity contribution is 5.74. The number of carbonyl (C=O) groups excluding carboxylic acids is 1. The number of benzene rings is 1. The third-order valence-corrected chi connectivity index (χ3v) is 2.37. The predicted octanol–water partition coefficient (Wildman–Crippen LogP) is 1.19. The Morgan fingerprint density at radius 1 is 1.39 bits per heavy atom. The molecule has 0 aliphatic heterocycles. The summed E-state index contributed by atoms with van der Waals surface area (Å²) in [5, 5.41) is 13.6. The van der Waals surface area contributed by atoms with E-state index < -0.39 is 17.7 Å². The van der Waals surface area contributed by atoms with Crippen molar-refractivity contribution in [1.29, 1.82) is 0 Å². The van der Waals surface area contributed by atoms with E-state index in [9.17, 15) is 13.6 Å². The molecule has 3 N–H and O–H groups in total. The van der Waals surface area contributed by atoms with Crippen LogP contribution in [-0.2, 0) is 6.42 Å². The van der Waals surface area contributed by atoms with Gasteiger partial charge < -0.3 is 15.7 Å². The highest BCUT2D eigenvalue weighted by Crippen LogP contribution is 2.11. The minimum atomic E-state index is -0.624. The molecule has 0 aliphatic rings. The molecule has 0 fully saturated rings. The van der Waals surface area contributed by atoms with Crippen molar-refractivity contribution in [2.24, 2.45) is 0 Å². The summed E-state index contributed by atoms with van der Waals surface area (Å²) in [6.45, 7) is 1.58. The maximum atomic E-state index is 13.2. The van der Waals surface area contributed by atoms with Gasteiger partial charge in [0.2, 0.25) is 0 Å². The maximum absolute atomic E-state index is 13.2. The first-order valence-corrected chi connectivity index (χ1v) is 5.62. The monoisotopic (exact) mass is 258 g/mol. The van der Waals surface area contributed by atoms with E-state index in [1.54, 1.807) is 6.92 Å². The number of hydrogen-bond donors (Lipinski definition) is 3. The van der Waals surface area contributed by atoms with Crippen LogP contribution < -0.4 is 10.6 Å². The number of hydrogen-bond acceptors (Lipinski definition) is 2. The quantitative estimate of drug-likeness (QED) is 0.743. The summed E-state index contributed by atoms with van der Waals surface area (Å²) in [6.07, 6.45) is 0.0689. The van der Waals surface area contributed by atoms with E-state index in [0.717, 1.165) is 0 Å². The van der Waals surface area contributed by atoms with E-state index in [1.165, 1.54) is 18.2 Å². The van der Waals surface area contributed by atoms with Crippen molar-refractivity contribution in [3.05, 3.63) is 35.4 Å². The van der Waals surface area contributed by atoms with Crippen LogP contribution in [-0.4, -0.2) is 30.3 Å². The topological polar surface area (TPSA) is 61.4 Å². The highest BCUT2D eigenvalue weighted by Gasteiger charge is 2.09. The zero-order valence-corrected chi connectivity index (χ0v) is 10.0. The number of aliphatic hydroxyl groups excluding tert-OH is 1. The molecule has 0 saturated heterocycles. The first-order valence-electron chi connectivity index (χ1n) is 5.62. The fraction of sp³-hybridized carbons (Fsp3) is 0.417. The number of rotatable bonds is 5. The molecule has 2 amide bonds. The number of aliphatic hydroxyl groups is 1. The second-order valence-electron chi connectivity index (χ2n) is 3.93. The Balaban J connectivity index is 2.40. The fourth-order valence-electron chi connectivity index (χ4n) is 1.39. The number of halogens is 2. The van der Waals surface area contributed by atoms with Crippen LogP contribution >= 0.6 is 0 Å². The van der Waals surface area contributed by atoms with Gasteiger partial charge in [-0.05, 0) is 25.5 Å². The van der Waals surface area contributed by atoms with Gasteiger partial charge in [-0.15, -0.1) is 0 Å². The van der Waals surface area contributed by atoms with Gasteiger partial charge in [0.15, 0.2) is 0 Å². The van der Waals surface area contributed by atoms with Crippen LogP contribution in [0.3, 0.4) is 0 Å². The lowest BCUT2D eigenvalue weighted by Crippen LogP contribution is -2.42.